The molecular formula is C8H9BrClN. The van der Waals surface area contributed by atoms with Crippen molar-refractivity contribution < 1.29 is 0 Å². The zero-order valence-electron chi connectivity index (χ0n) is 6.22. The summed E-state index contributed by atoms with van der Waals surface area (Å²) in [6.07, 6.45) is 6.65. The van der Waals surface area contributed by atoms with Crippen LogP contribution >= 0.6 is 27.5 Å². The van der Waals surface area contributed by atoms with Gasteiger partial charge in [-0.2, -0.15) is 0 Å². The highest BCUT2D eigenvalue weighted by molar-refractivity contribution is 9.12. The van der Waals surface area contributed by atoms with Gasteiger partial charge in [0.1, 0.15) is 0 Å². The fraction of sp³-hybridized carbons (Fsp3) is 0.375. The van der Waals surface area contributed by atoms with Crippen LogP contribution in [0, 0.1) is 5.92 Å². The summed E-state index contributed by atoms with van der Waals surface area (Å²) >= 11 is 9.22. The minimum Gasteiger partial charge on any atom is -0.267 e. The Morgan fingerprint density at radius 2 is 2.45 bits per heavy atom. The van der Waals surface area contributed by atoms with E-state index < -0.39 is 0 Å². The minimum absolute atomic E-state index is 0.369. The van der Waals surface area contributed by atoms with Crippen molar-refractivity contribution >= 4 is 33.7 Å². The molecule has 1 unspecified atom stereocenters. The topological polar surface area (TPSA) is 12.4 Å². The van der Waals surface area contributed by atoms with E-state index in [1.54, 1.807) is 6.20 Å². The van der Waals surface area contributed by atoms with Crippen LogP contribution in [0.2, 0.25) is 0 Å². The van der Waals surface area contributed by atoms with Crippen molar-refractivity contribution in [3.63, 3.8) is 0 Å². The number of hydrogen-bond acceptors (Lipinski definition) is 1. The van der Waals surface area contributed by atoms with Gasteiger partial charge in [0, 0.05) is 18.3 Å². The average Bonchev–Trinajstić information content (AvgIpc) is 2.15. The normalized spacial score (nSPS) is 24.1. The lowest BCUT2D eigenvalue weighted by Gasteiger charge is -2.00. The van der Waals surface area contributed by atoms with Crippen LogP contribution in [0.25, 0.3) is 0 Å². The van der Waals surface area contributed by atoms with E-state index in [1.165, 1.54) is 0 Å². The maximum absolute atomic E-state index is 5.91. The second kappa shape index (κ2) is 4.07. The van der Waals surface area contributed by atoms with Crippen molar-refractivity contribution in [2.75, 3.05) is 0 Å². The van der Waals surface area contributed by atoms with Crippen LogP contribution < -0.4 is 0 Å². The van der Waals surface area contributed by atoms with Gasteiger partial charge >= 0.3 is 0 Å². The third-order valence-electron chi connectivity index (χ3n) is 1.53. The number of aliphatic imine (C=N–C) groups is 1. The number of halogens is 2. The standard InChI is InChI=1S/C8H9BrClN/c1-2-6-3-8(10)7(9)5-11-4-6/h3-6H,2H2,1H3. The van der Waals surface area contributed by atoms with Crippen LogP contribution in [0.1, 0.15) is 13.3 Å². The van der Waals surface area contributed by atoms with E-state index in [0.29, 0.717) is 5.92 Å². The molecule has 1 heterocycles. The van der Waals surface area contributed by atoms with Crippen LogP contribution in [0.4, 0.5) is 0 Å². The van der Waals surface area contributed by atoms with Gasteiger partial charge in [0.15, 0.2) is 0 Å². The Kier molecular flexibility index (Phi) is 3.34. The molecule has 0 radical (unpaired) electrons. The first-order valence-electron chi connectivity index (χ1n) is 3.50. The van der Waals surface area contributed by atoms with E-state index in [1.807, 2.05) is 12.3 Å². The van der Waals surface area contributed by atoms with E-state index in [-0.39, 0.29) is 0 Å². The quantitative estimate of drug-likeness (QED) is 0.659. The van der Waals surface area contributed by atoms with Crippen LogP contribution in [0.3, 0.4) is 0 Å². The summed E-state index contributed by atoms with van der Waals surface area (Å²) in [7, 11) is 0. The maximum Gasteiger partial charge on any atom is 0.0541 e. The zero-order chi connectivity index (χ0) is 8.27. The lowest BCUT2D eigenvalue weighted by Crippen LogP contribution is -1.94. The fourth-order valence-corrected chi connectivity index (χ4v) is 1.28. The van der Waals surface area contributed by atoms with Crippen molar-refractivity contribution in [2.24, 2.45) is 10.9 Å². The predicted molar refractivity (Wildman–Crippen MR) is 53.2 cm³/mol. The first-order chi connectivity index (χ1) is 5.24. The molecule has 3 heteroatoms. The average molecular weight is 235 g/mol. The van der Waals surface area contributed by atoms with Crippen molar-refractivity contribution in [3.05, 3.63) is 21.8 Å². The molecule has 0 fully saturated rings. The molecule has 0 N–H and O–H groups in total. The summed E-state index contributed by atoms with van der Waals surface area (Å²) in [5.41, 5.74) is 0. The molecule has 0 amide bonds. The molecule has 1 atom stereocenters. The molecule has 0 saturated heterocycles. The van der Waals surface area contributed by atoms with Gasteiger partial charge in [0.2, 0.25) is 0 Å². The van der Waals surface area contributed by atoms with Crippen molar-refractivity contribution in [3.8, 4) is 0 Å². The van der Waals surface area contributed by atoms with E-state index in [0.717, 1.165) is 15.9 Å². The molecule has 1 nitrogen and oxygen atoms in total. The Balaban J connectivity index is 2.84. The third kappa shape index (κ3) is 2.46. The SMILES string of the molecule is CCC1C=NC=C(Br)C(Cl)=C1. The molecular weight excluding hydrogens is 225 g/mol. The van der Waals surface area contributed by atoms with Crippen LogP contribution in [0.15, 0.2) is 26.8 Å². The van der Waals surface area contributed by atoms with Gasteiger partial charge in [-0.15, -0.1) is 0 Å². The molecule has 0 bridgehead atoms. The molecule has 0 aromatic carbocycles. The summed E-state index contributed by atoms with van der Waals surface area (Å²) in [4.78, 5) is 4.08. The largest absolute Gasteiger partial charge is 0.267 e. The summed E-state index contributed by atoms with van der Waals surface area (Å²) in [5.74, 6) is 0.369. The molecule has 11 heavy (non-hydrogen) atoms. The summed E-state index contributed by atoms with van der Waals surface area (Å²) < 4.78 is 0.853. The Hall–Kier alpha value is -0.0800. The van der Waals surface area contributed by atoms with Gasteiger partial charge < -0.3 is 0 Å². The fourth-order valence-electron chi connectivity index (χ4n) is 0.815. The lowest BCUT2D eigenvalue weighted by molar-refractivity contribution is 0.832. The molecule has 0 aromatic heterocycles. The molecule has 0 spiro atoms. The van der Waals surface area contributed by atoms with Crippen molar-refractivity contribution in [2.45, 2.75) is 13.3 Å². The maximum atomic E-state index is 5.91. The van der Waals surface area contributed by atoms with Gasteiger partial charge in [0.25, 0.3) is 0 Å². The first kappa shape index (κ1) is 9.01. The lowest BCUT2D eigenvalue weighted by atomic mass is 10.1. The smallest absolute Gasteiger partial charge is 0.0541 e. The second-order valence-electron chi connectivity index (χ2n) is 2.36. The number of nitrogens with zero attached hydrogens (tertiary/aromatic N) is 1. The van der Waals surface area contributed by atoms with E-state index >= 15 is 0 Å². The highest BCUT2D eigenvalue weighted by Gasteiger charge is 2.05. The molecule has 0 aromatic rings. The number of hydrogen-bond donors (Lipinski definition) is 0. The van der Waals surface area contributed by atoms with Gasteiger partial charge in [-0.1, -0.05) is 24.6 Å². The second-order valence-corrected chi connectivity index (χ2v) is 3.62. The van der Waals surface area contributed by atoms with Gasteiger partial charge in [-0.25, -0.2) is 0 Å². The van der Waals surface area contributed by atoms with Gasteiger partial charge in [-0.3, -0.25) is 4.99 Å². The summed E-state index contributed by atoms with van der Waals surface area (Å²) in [6, 6.07) is 0. The van der Waals surface area contributed by atoms with Gasteiger partial charge in [-0.05, 0) is 22.4 Å². The molecule has 0 saturated carbocycles. The molecule has 0 aliphatic carbocycles. The monoisotopic (exact) mass is 233 g/mol. The molecule has 1 aliphatic rings. The first-order valence-corrected chi connectivity index (χ1v) is 4.67. The van der Waals surface area contributed by atoms with Crippen LogP contribution in [-0.4, -0.2) is 6.21 Å². The van der Waals surface area contributed by atoms with E-state index in [4.69, 9.17) is 11.6 Å². The van der Waals surface area contributed by atoms with Gasteiger partial charge in [0.05, 0.1) is 9.51 Å². The molecule has 60 valence electrons. The number of allylic oxidation sites excluding steroid dienone is 3. The minimum atomic E-state index is 0.369. The third-order valence-corrected chi connectivity index (χ3v) is 2.72. The Bertz CT molecular complexity index is 230. The van der Waals surface area contributed by atoms with Crippen LogP contribution in [-0.2, 0) is 0 Å². The molecule has 1 rings (SSSR count). The zero-order valence-corrected chi connectivity index (χ0v) is 8.56. The van der Waals surface area contributed by atoms with Crippen molar-refractivity contribution in [1.82, 2.24) is 0 Å². The molecule has 1 aliphatic heterocycles. The van der Waals surface area contributed by atoms with Crippen molar-refractivity contribution in [1.29, 1.82) is 0 Å². The van der Waals surface area contributed by atoms with E-state index in [2.05, 4.69) is 27.8 Å². The summed E-state index contributed by atoms with van der Waals surface area (Å²) in [5, 5.41) is 0.745. The Morgan fingerprint density at radius 3 is 3.09 bits per heavy atom. The van der Waals surface area contributed by atoms with Crippen LogP contribution in [0.5, 0.6) is 0 Å². The highest BCUT2D eigenvalue weighted by Crippen LogP contribution is 2.25. The summed E-state index contributed by atoms with van der Waals surface area (Å²) in [6.45, 7) is 2.11. The predicted octanol–water partition coefficient (Wildman–Crippen LogP) is 3.46. The van der Waals surface area contributed by atoms with E-state index in [9.17, 15) is 0 Å². The number of rotatable bonds is 1. The Morgan fingerprint density at radius 1 is 1.73 bits per heavy atom. The Labute approximate surface area is 80.0 Å². The highest BCUT2D eigenvalue weighted by atomic mass is 79.9.